The Kier molecular flexibility index (Phi) is 1.52. The van der Waals surface area contributed by atoms with Crippen molar-refractivity contribution in [2.75, 3.05) is 19.6 Å². The van der Waals surface area contributed by atoms with Crippen LogP contribution < -0.4 is 5.73 Å². The molecular formula is C9H18N2. The van der Waals surface area contributed by atoms with Gasteiger partial charge in [0, 0.05) is 25.2 Å². The molecule has 0 spiro atoms. The van der Waals surface area contributed by atoms with E-state index in [-0.39, 0.29) is 5.54 Å². The van der Waals surface area contributed by atoms with Gasteiger partial charge < -0.3 is 5.73 Å². The van der Waals surface area contributed by atoms with Crippen molar-refractivity contribution in [3.63, 3.8) is 0 Å². The van der Waals surface area contributed by atoms with Crippen LogP contribution in [-0.4, -0.2) is 30.1 Å². The summed E-state index contributed by atoms with van der Waals surface area (Å²) in [5.41, 5.74) is 5.95. The Morgan fingerprint density at radius 3 is 2.36 bits per heavy atom. The highest BCUT2D eigenvalue weighted by atomic mass is 15.2. The molecule has 1 saturated carbocycles. The molecule has 0 bridgehead atoms. The van der Waals surface area contributed by atoms with Gasteiger partial charge in [-0.25, -0.2) is 0 Å². The number of nitrogens with zero attached hydrogens (tertiary/aromatic N) is 1. The van der Waals surface area contributed by atoms with E-state index >= 15 is 0 Å². The van der Waals surface area contributed by atoms with Gasteiger partial charge in [-0.3, -0.25) is 4.90 Å². The minimum absolute atomic E-state index is 0.243. The lowest BCUT2D eigenvalue weighted by Crippen LogP contribution is -2.48. The first-order chi connectivity index (χ1) is 5.13. The van der Waals surface area contributed by atoms with E-state index in [1.807, 2.05) is 0 Å². The molecule has 2 rings (SSSR count). The standard InChI is InChI=1S/C9H18N2/c1-9(2,6-10)11-4-7-3-8(7)5-11/h7-8H,3-6,10H2,1-2H3. The largest absolute Gasteiger partial charge is 0.329 e. The molecule has 11 heavy (non-hydrogen) atoms. The molecule has 2 aliphatic rings. The number of hydrogen-bond acceptors (Lipinski definition) is 2. The number of rotatable bonds is 2. The van der Waals surface area contributed by atoms with Crippen molar-refractivity contribution in [3.05, 3.63) is 0 Å². The average molecular weight is 154 g/mol. The second kappa shape index (κ2) is 2.20. The van der Waals surface area contributed by atoms with Crippen molar-refractivity contribution in [1.29, 1.82) is 0 Å². The highest BCUT2D eigenvalue weighted by Gasteiger charge is 2.48. The molecule has 2 N–H and O–H groups in total. The smallest absolute Gasteiger partial charge is 0.0275 e. The molecule has 2 fully saturated rings. The molecule has 2 heteroatoms. The molecule has 1 aliphatic carbocycles. The molecule has 1 saturated heterocycles. The molecule has 0 aromatic carbocycles. The van der Waals surface area contributed by atoms with Crippen molar-refractivity contribution in [1.82, 2.24) is 4.90 Å². The molecule has 2 atom stereocenters. The van der Waals surface area contributed by atoms with Gasteiger partial charge in [-0.2, -0.15) is 0 Å². The van der Waals surface area contributed by atoms with Crippen LogP contribution in [-0.2, 0) is 0 Å². The Balaban J connectivity index is 1.95. The number of hydrogen-bond donors (Lipinski definition) is 1. The maximum atomic E-state index is 5.70. The van der Waals surface area contributed by atoms with E-state index in [4.69, 9.17) is 5.73 Å². The zero-order valence-electron chi connectivity index (χ0n) is 7.51. The topological polar surface area (TPSA) is 29.3 Å². The van der Waals surface area contributed by atoms with Gasteiger partial charge in [0.2, 0.25) is 0 Å². The molecule has 0 aromatic rings. The zero-order valence-corrected chi connectivity index (χ0v) is 7.51. The Morgan fingerprint density at radius 2 is 1.91 bits per heavy atom. The first-order valence-electron chi connectivity index (χ1n) is 4.58. The summed E-state index contributed by atoms with van der Waals surface area (Å²) in [6.45, 7) is 7.88. The molecule has 1 heterocycles. The van der Waals surface area contributed by atoms with E-state index in [0.717, 1.165) is 18.4 Å². The zero-order chi connectivity index (χ0) is 8.06. The Labute approximate surface area is 68.7 Å². The van der Waals surface area contributed by atoms with Gasteiger partial charge in [0.05, 0.1) is 0 Å². The van der Waals surface area contributed by atoms with Gasteiger partial charge in [-0.05, 0) is 32.1 Å². The third-order valence-electron chi connectivity index (χ3n) is 3.33. The predicted octanol–water partition coefficient (Wildman–Crippen LogP) is 0.675. The minimum Gasteiger partial charge on any atom is -0.329 e. The van der Waals surface area contributed by atoms with Gasteiger partial charge in [0.1, 0.15) is 0 Å². The van der Waals surface area contributed by atoms with Gasteiger partial charge in [-0.15, -0.1) is 0 Å². The van der Waals surface area contributed by atoms with E-state index in [0.29, 0.717) is 0 Å². The van der Waals surface area contributed by atoms with Crippen molar-refractivity contribution in [3.8, 4) is 0 Å². The van der Waals surface area contributed by atoms with E-state index in [1.165, 1.54) is 19.5 Å². The van der Waals surface area contributed by atoms with Crippen LogP contribution in [0.4, 0.5) is 0 Å². The third kappa shape index (κ3) is 1.18. The fourth-order valence-electron chi connectivity index (χ4n) is 2.02. The van der Waals surface area contributed by atoms with Crippen LogP contribution in [0.3, 0.4) is 0 Å². The molecular weight excluding hydrogens is 136 g/mol. The second-order valence-corrected chi connectivity index (χ2v) is 4.68. The van der Waals surface area contributed by atoms with E-state index in [1.54, 1.807) is 0 Å². The minimum atomic E-state index is 0.243. The summed E-state index contributed by atoms with van der Waals surface area (Å²) in [6, 6.07) is 0. The average Bonchev–Trinajstić information content (AvgIpc) is 2.59. The van der Waals surface area contributed by atoms with Crippen molar-refractivity contribution < 1.29 is 0 Å². The van der Waals surface area contributed by atoms with Crippen LogP contribution in [0.1, 0.15) is 20.3 Å². The fourth-order valence-corrected chi connectivity index (χ4v) is 2.02. The lowest BCUT2D eigenvalue weighted by atomic mass is 10.0. The SMILES string of the molecule is CC(C)(CN)N1CC2CC2C1. The lowest BCUT2D eigenvalue weighted by Gasteiger charge is -2.35. The van der Waals surface area contributed by atoms with Crippen LogP contribution in [0.2, 0.25) is 0 Å². The summed E-state index contributed by atoms with van der Waals surface area (Å²) >= 11 is 0. The number of nitrogens with two attached hydrogens (primary N) is 1. The van der Waals surface area contributed by atoms with Gasteiger partial charge in [0.25, 0.3) is 0 Å². The highest BCUT2D eigenvalue weighted by molar-refractivity contribution is 5.01. The van der Waals surface area contributed by atoms with Gasteiger partial charge in [0.15, 0.2) is 0 Å². The predicted molar refractivity (Wildman–Crippen MR) is 46.3 cm³/mol. The maximum absolute atomic E-state index is 5.70. The molecule has 64 valence electrons. The lowest BCUT2D eigenvalue weighted by molar-refractivity contribution is 0.145. The quantitative estimate of drug-likeness (QED) is 0.633. The summed E-state index contributed by atoms with van der Waals surface area (Å²) in [7, 11) is 0. The summed E-state index contributed by atoms with van der Waals surface area (Å²) in [4.78, 5) is 2.55. The summed E-state index contributed by atoms with van der Waals surface area (Å²) < 4.78 is 0. The first-order valence-corrected chi connectivity index (χ1v) is 4.58. The van der Waals surface area contributed by atoms with Crippen LogP contribution in [0, 0.1) is 11.8 Å². The normalized spacial score (nSPS) is 37.4. The molecule has 2 unspecified atom stereocenters. The Bertz CT molecular complexity index is 155. The third-order valence-corrected chi connectivity index (χ3v) is 3.33. The maximum Gasteiger partial charge on any atom is 0.0275 e. The number of piperidine rings is 1. The summed E-state index contributed by atoms with van der Waals surface area (Å²) in [5.74, 6) is 2.06. The molecule has 0 aromatic heterocycles. The molecule has 0 amide bonds. The molecule has 0 radical (unpaired) electrons. The Hall–Kier alpha value is -0.0800. The van der Waals surface area contributed by atoms with E-state index in [2.05, 4.69) is 18.7 Å². The Morgan fingerprint density at radius 1 is 1.36 bits per heavy atom. The van der Waals surface area contributed by atoms with Crippen LogP contribution in [0.15, 0.2) is 0 Å². The second-order valence-electron chi connectivity index (χ2n) is 4.68. The highest BCUT2D eigenvalue weighted by Crippen LogP contribution is 2.46. The summed E-state index contributed by atoms with van der Waals surface area (Å²) in [6.07, 6.45) is 1.48. The molecule has 2 nitrogen and oxygen atoms in total. The van der Waals surface area contributed by atoms with Crippen molar-refractivity contribution in [2.24, 2.45) is 17.6 Å². The van der Waals surface area contributed by atoms with Crippen molar-refractivity contribution in [2.45, 2.75) is 25.8 Å². The van der Waals surface area contributed by atoms with Gasteiger partial charge >= 0.3 is 0 Å². The van der Waals surface area contributed by atoms with Gasteiger partial charge in [-0.1, -0.05) is 0 Å². The van der Waals surface area contributed by atoms with Crippen molar-refractivity contribution >= 4 is 0 Å². The van der Waals surface area contributed by atoms with Crippen LogP contribution in [0.25, 0.3) is 0 Å². The number of fused-ring (bicyclic) bond motifs is 1. The first kappa shape index (κ1) is 7.56. The van der Waals surface area contributed by atoms with Crippen LogP contribution >= 0.6 is 0 Å². The van der Waals surface area contributed by atoms with E-state index < -0.39 is 0 Å². The fraction of sp³-hybridized carbons (Fsp3) is 1.00. The monoisotopic (exact) mass is 154 g/mol. The summed E-state index contributed by atoms with van der Waals surface area (Å²) in [5, 5.41) is 0. The molecule has 1 aliphatic heterocycles. The van der Waals surface area contributed by atoms with E-state index in [9.17, 15) is 0 Å². The van der Waals surface area contributed by atoms with Crippen LogP contribution in [0.5, 0.6) is 0 Å². The number of likely N-dealkylation sites (tertiary alicyclic amines) is 1.